The first-order valence-corrected chi connectivity index (χ1v) is 6.77. The van der Waals surface area contributed by atoms with E-state index in [4.69, 9.17) is 11.0 Å². The molecule has 1 aliphatic heterocycles. The maximum atomic E-state index is 12.2. The van der Waals surface area contributed by atoms with Gasteiger partial charge in [-0.15, -0.1) is 0 Å². The molecule has 0 saturated carbocycles. The minimum Gasteiger partial charge on any atom is -0.399 e. The van der Waals surface area contributed by atoms with E-state index < -0.39 is 0 Å². The highest BCUT2D eigenvalue weighted by molar-refractivity contribution is 6.01. The Kier molecular flexibility index (Phi) is 3.11. The van der Waals surface area contributed by atoms with Gasteiger partial charge in [-0.05, 0) is 53.9 Å². The minimum absolute atomic E-state index is 0.0827. The van der Waals surface area contributed by atoms with Gasteiger partial charge in [-0.1, -0.05) is 6.07 Å². The second-order valence-corrected chi connectivity index (χ2v) is 5.30. The first kappa shape index (κ1) is 13.2. The molecule has 0 bridgehead atoms. The van der Waals surface area contributed by atoms with E-state index in [-0.39, 0.29) is 5.91 Å². The van der Waals surface area contributed by atoms with Crippen molar-refractivity contribution in [1.82, 2.24) is 0 Å². The van der Waals surface area contributed by atoms with Crippen LogP contribution in [0.4, 0.5) is 11.4 Å². The van der Waals surface area contributed by atoms with E-state index in [1.54, 1.807) is 11.0 Å². The van der Waals surface area contributed by atoms with Crippen LogP contribution in [-0.2, 0) is 17.8 Å². The van der Waals surface area contributed by atoms with Gasteiger partial charge in [0.2, 0.25) is 5.91 Å². The zero-order chi connectivity index (χ0) is 15.0. The first-order chi connectivity index (χ1) is 10.1. The zero-order valence-electron chi connectivity index (χ0n) is 11.8. The number of nitrogens with two attached hydrogens (primary N) is 1. The summed E-state index contributed by atoms with van der Waals surface area (Å²) in [6.07, 6.45) is 0.399. The van der Waals surface area contributed by atoms with Crippen LogP contribution in [0.1, 0.15) is 22.3 Å². The van der Waals surface area contributed by atoms with Crippen molar-refractivity contribution in [1.29, 1.82) is 5.26 Å². The Hall–Kier alpha value is -2.80. The Labute approximate surface area is 123 Å². The molecule has 0 spiro atoms. The summed E-state index contributed by atoms with van der Waals surface area (Å²) in [6.45, 7) is 2.48. The van der Waals surface area contributed by atoms with Crippen molar-refractivity contribution in [3.8, 4) is 6.07 Å². The summed E-state index contributed by atoms with van der Waals surface area (Å²) >= 11 is 0. The smallest absolute Gasteiger partial charge is 0.231 e. The van der Waals surface area contributed by atoms with Gasteiger partial charge in [0.1, 0.15) is 0 Å². The van der Waals surface area contributed by atoms with E-state index in [0.29, 0.717) is 24.2 Å². The molecule has 1 aliphatic rings. The molecule has 2 N–H and O–H groups in total. The number of nitrogen functional groups attached to an aromatic ring is 1. The fraction of sp³-hybridized carbons (Fsp3) is 0.176. The Balaban J connectivity index is 1.93. The number of hydrogen-bond donors (Lipinski definition) is 1. The Morgan fingerprint density at radius 2 is 2.10 bits per heavy atom. The van der Waals surface area contributed by atoms with Crippen LogP contribution in [0.15, 0.2) is 36.4 Å². The Morgan fingerprint density at radius 3 is 2.81 bits per heavy atom. The van der Waals surface area contributed by atoms with Gasteiger partial charge in [-0.3, -0.25) is 4.79 Å². The third-order valence-electron chi connectivity index (χ3n) is 3.84. The quantitative estimate of drug-likeness (QED) is 0.857. The average molecular weight is 277 g/mol. The molecule has 0 aromatic heterocycles. The molecule has 104 valence electrons. The summed E-state index contributed by atoms with van der Waals surface area (Å²) in [5.74, 6) is 0.0827. The second-order valence-electron chi connectivity index (χ2n) is 5.30. The molecular weight excluding hydrogens is 262 g/mol. The standard InChI is InChI=1S/C17H15N3O/c1-11-6-12(9-18)2-3-13(11)10-20-16-5-4-15(19)7-14(16)8-17(20)21/h2-7H,8,10,19H2,1H3. The van der Waals surface area contributed by atoms with Crippen LogP contribution in [-0.4, -0.2) is 5.91 Å². The lowest BCUT2D eigenvalue weighted by Gasteiger charge is -2.19. The fourth-order valence-corrected chi connectivity index (χ4v) is 2.69. The topological polar surface area (TPSA) is 70.1 Å². The molecule has 0 atom stereocenters. The van der Waals surface area contributed by atoms with Crippen molar-refractivity contribution in [2.45, 2.75) is 19.9 Å². The molecule has 3 rings (SSSR count). The third kappa shape index (κ3) is 2.34. The lowest BCUT2D eigenvalue weighted by Crippen LogP contribution is -2.26. The lowest BCUT2D eigenvalue weighted by atomic mass is 10.1. The molecule has 1 heterocycles. The van der Waals surface area contributed by atoms with Gasteiger partial charge in [-0.2, -0.15) is 5.26 Å². The highest BCUT2D eigenvalue weighted by Gasteiger charge is 2.27. The number of carbonyl (C=O) groups excluding carboxylic acids is 1. The number of carbonyl (C=O) groups is 1. The van der Waals surface area contributed by atoms with Crippen molar-refractivity contribution in [3.63, 3.8) is 0 Å². The molecule has 0 unspecified atom stereocenters. The lowest BCUT2D eigenvalue weighted by molar-refractivity contribution is -0.117. The van der Waals surface area contributed by atoms with Gasteiger partial charge in [-0.25, -0.2) is 0 Å². The number of anilines is 2. The maximum absolute atomic E-state index is 12.2. The highest BCUT2D eigenvalue weighted by Crippen LogP contribution is 2.32. The van der Waals surface area contributed by atoms with Crippen molar-refractivity contribution >= 4 is 17.3 Å². The van der Waals surface area contributed by atoms with E-state index >= 15 is 0 Å². The molecule has 21 heavy (non-hydrogen) atoms. The van der Waals surface area contributed by atoms with Gasteiger partial charge in [0.15, 0.2) is 0 Å². The number of aryl methyl sites for hydroxylation is 1. The molecule has 0 fully saturated rings. The Morgan fingerprint density at radius 1 is 1.29 bits per heavy atom. The van der Waals surface area contributed by atoms with Crippen molar-refractivity contribution in [3.05, 3.63) is 58.7 Å². The molecule has 0 radical (unpaired) electrons. The average Bonchev–Trinajstić information content (AvgIpc) is 2.76. The van der Waals surface area contributed by atoms with E-state index in [0.717, 1.165) is 22.4 Å². The van der Waals surface area contributed by atoms with Crippen LogP contribution in [0, 0.1) is 18.3 Å². The number of benzene rings is 2. The van der Waals surface area contributed by atoms with Crippen molar-refractivity contribution < 1.29 is 4.79 Å². The number of nitriles is 1. The summed E-state index contributed by atoms with van der Waals surface area (Å²) in [6, 6.07) is 13.2. The van der Waals surface area contributed by atoms with Gasteiger partial charge < -0.3 is 10.6 Å². The molecule has 0 aliphatic carbocycles. The highest BCUT2D eigenvalue weighted by atomic mass is 16.2. The first-order valence-electron chi connectivity index (χ1n) is 6.77. The minimum atomic E-state index is 0.0827. The van der Waals surface area contributed by atoms with Crippen LogP contribution < -0.4 is 10.6 Å². The van der Waals surface area contributed by atoms with Crippen molar-refractivity contribution in [2.75, 3.05) is 10.6 Å². The Bertz CT molecular complexity index is 774. The van der Waals surface area contributed by atoms with Crippen LogP contribution in [0.5, 0.6) is 0 Å². The van der Waals surface area contributed by atoms with E-state index in [1.165, 1.54) is 0 Å². The number of rotatable bonds is 2. The van der Waals surface area contributed by atoms with Crippen LogP contribution in [0.3, 0.4) is 0 Å². The number of hydrogen-bond acceptors (Lipinski definition) is 3. The summed E-state index contributed by atoms with van der Waals surface area (Å²) in [5, 5.41) is 8.91. The molecule has 4 nitrogen and oxygen atoms in total. The van der Waals surface area contributed by atoms with Crippen LogP contribution >= 0.6 is 0 Å². The number of amides is 1. The van der Waals surface area contributed by atoms with Crippen molar-refractivity contribution in [2.24, 2.45) is 0 Å². The molecule has 1 amide bonds. The molecule has 2 aromatic rings. The van der Waals surface area contributed by atoms with Gasteiger partial charge >= 0.3 is 0 Å². The molecular formula is C17H15N3O. The predicted octanol–water partition coefficient (Wildman–Crippen LogP) is 2.54. The normalized spacial score (nSPS) is 13.1. The van der Waals surface area contributed by atoms with Crippen LogP contribution in [0.2, 0.25) is 0 Å². The predicted molar refractivity (Wildman–Crippen MR) is 81.6 cm³/mol. The zero-order valence-corrected chi connectivity index (χ0v) is 11.8. The third-order valence-corrected chi connectivity index (χ3v) is 3.84. The summed E-state index contributed by atoms with van der Waals surface area (Å²) in [7, 11) is 0. The largest absolute Gasteiger partial charge is 0.399 e. The number of nitrogens with zero attached hydrogens (tertiary/aromatic N) is 2. The number of fused-ring (bicyclic) bond motifs is 1. The van der Waals surface area contributed by atoms with Gasteiger partial charge in [0, 0.05) is 11.4 Å². The van der Waals surface area contributed by atoms with E-state index in [9.17, 15) is 4.79 Å². The van der Waals surface area contributed by atoms with E-state index in [2.05, 4.69) is 6.07 Å². The summed E-state index contributed by atoms with van der Waals surface area (Å²) in [5.41, 5.74) is 11.1. The fourth-order valence-electron chi connectivity index (χ4n) is 2.69. The maximum Gasteiger partial charge on any atom is 0.231 e. The SMILES string of the molecule is Cc1cc(C#N)ccc1CN1C(=O)Cc2cc(N)ccc21. The van der Waals surface area contributed by atoms with E-state index in [1.807, 2.05) is 37.3 Å². The molecule has 2 aromatic carbocycles. The monoisotopic (exact) mass is 277 g/mol. The molecule has 4 heteroatoms. The van der Waals surface area contributed by atoms with Gasteiger partial charge in [0.05, 0.1) is 24.6 Å². The van der Waals surface area contributed by atoms with Gasteiger partial charge in [0.25, 0.3) is 0 Å². The summed E-state index contributed by atoms with van der Waals surface area (Å²) in [4.78, 5) is 14.0. The van der Waals surface area contributed by atoms with Crippen LogP contribution in [0.25, 0.3) is 0 Å². The molecule has 0 saturated heterocycles. The second kappa shape index (κ2) is 4.95. The summed E-state index contributed by atoms with van der Waals surface area (Å²) < 4.78 is 0.